The summed E-state index contributed by atoms with van der Waals surface area (Å²) in [7, 11) is 0. The minimum absolute atomic E-state index is 0. The number of carbonyl (C=O) groups excluding carboxylic acids is 4. The van der Waals surface area contributed by atoms with Crippen LogP contribution in [-0.4, -0.2) is 64.3 Å². The average Bonchev–Trinajstić information content (AvgIpc) is 3.13. The minimum Gasteiger partial charge on any atom is -1.00 e. The second kappa shape index (κ2) is 31.7. The van der Waals surface area contributed by atoms with Crippen molar-refractivity contribution >= 4 is 58.9 Å². The Morgan fingerprint density at radius 2 is 1.48 bits per heavy atom. The van der Waals surface area contributed by atoms with Gasteiger partial charge in [-0.15, -0.1) is 0 Å². The number of hydrogen-bond donors (Lipinski definition) is 3. The summed E-state index contributed by atoms with van der Waals surface area (Å²) in [4.78, 5) is 56.1. The van der Waals surface area contributed by atoms with Gasteiger partial charge in [-0.3, -0.25) is 35.5 Å². The van der Waals surface area contributed by atoms with Crippen molar-refractivity contribution in [1.29, 1.82) is 0 Å². The quantitative estimate of drug-likeness (QED) is 0.0462. The maximum atomic E-state index is 13.5. The maximum Gasteiger partial charge on any atom is 1.00 e. The Balaban J connectivity index is -0.000000787. The Labute approximate surface area is 409 Å². The van der Waals surface area contributed by atoms with Crippen molar-refractivity contribution in [1.82, 2.24) is 15.3 Å². The summed E-state index contributed by atoms with van der Waals surface area (Å²) in [6.45, 7) is 7.12. The number of nitrogens with one attached hydrogen (secondary N) is 1. The van der Waals surface area contributed by atoms with Gasteiger partial charge in [-0.05, 0) is 82.3 Å². The van der Waals surface area contributed by atoms with Gasteiger partial charge in [0.15, 0.2) is 17.8 Å². The Morgan fingerprint density at radius 1 is 0.914 bits per heavy atom. The zero-order valence-corrected chi connectivity index (χ0v) is 41.2. The van der Waals surface area contributed by atoms with E-state index < -0.39 is 29.6 Å². The molecular formula is C38H40AcCl3F2N6NaO7. The number of ketones is 1. The van der Waals surface area contributed by atoms with Crippen molar-refractivity contribution in [3.63, 3.8) is 0 Å². The topological polar surface area (TPSA) is 219 Å². The van der Waals surface area contributed by atoms with E-state index in [1.807, 2.05) is 18.2 Å². The van der Waals surface area contributed by atoms with E-state index in [0.717, 1.165) is 6.07 Å². The van der Waals surface area contributed by atoms with Crippen LogP contribution < -0.4 is 58.4 Å². The monoisotopic (exact) mass is 1090 g/mol. The van der Waals surface area contributed by atoms with E-state index in [1.165, 1.54) is 37.3 Å². The number of hydrogen-bond acceptors (Lipinski definition) is 11. The number of esters is 2. The molecule has 0 fully saturated rings. The SMILES string of the molecule is CCOC(=O)C1=C(C)NC(c2ccccn2)=NC1c1ccc(F)cc1Cl.CCOC(=O)CC(C)=O.NC(=[NH2+])c1ccccn1.O=Cc1ccc(F)cc1Cl.[Ac].[Cl-].[Na+].[OH-]. The van der Waals surface area contributed by atoms with E-state index in [9.17, 15) is 28.0 Å². The molecule has 1 aliphatic rings. The van der Waals surface area contributed by atoms with Gasteiger partial charge in [-0.25, -0.2) is 18.6 Å². The zero-order valence-electron chi connectivity index (χ0n) is 32.2. The Hall–Kier alpha value is -3.17. The average molecular weight is 1090 g/mol. The summed E-state index contributed by atoms with van der Waals surface area (Å²) in [5, 5.41) is 8.69. The van der Waals surface area contributed by atoms with Gasteiger partial charge in [0.1, 0.15) is 35.6 Å². The van der Waals surface area contributed by atoms with Crippen molar-refractivity contribution < 1.29 is 134 Å². The fourth-order valence-electron chi connectivity index (χ4n) is 4.28. The summed E-state index contributed by atoms with van der Waals surface area (Å²) in [5.41, 5.74) is 8.25. The fraction of sp³-hybridized carbons (Fsp3) is 0.211. The number of aldehydes is 1. The molecule has 1 aliphatic heterocycles. The predicted octanol–water partition coefficient (Wildman–Crippen LogP) is -1.00. The first-order valence-electron chi connectivity index (χ1n) is 16.2. The largest absolute Gasteiger partial charge is 1.00 e. The summed E-state index contributed by atoms with van der Waals surface area (Å²) in [6, 6.07) is 17.8. The van der Waals surface area contributed by atoms with Crippen LogP contribution in [0, 0.1) is 55.7 Å². The van der Waals surface area contributed by atoms with Gasteiger partial charge >= 0.3 is 41.5 Å². The number of rotatable bonds is 9. The van der Waals surface area contributed by atoms with Gasteiger partial charge < -0.3 is 32.7 Å². The molecule has 0 aliphatic carbocycles. The number of nitrogens with two attached hydrogens (primary N) is 2. The van der Waals surface area contributed by atoms with Crippen molar-refractivity contribution in [2.24, 2.45) is 10.7 Å². The predicted molar refractivity (Wildman–Crippen MR) is 203 cm³/mol. The van der Waals surface area contributed by atoms with Gasteiger partial charge in [0.05, 0.1) is 23.8 Å². The Morgan fingerprint density at radius 3 is 1.93 bits per heavy atom. The van der Waals surface area contributed by atoms with Gasteiger partial charge in [0, 0.05) is 78.3 Å². The van der Waals surface area contributed by atoms with Crippen LogP contribution in [0.1, 0.15) is 67.5 Å². The number of aliphatic imine (C=N–C) groups is 1. The second-order valence-electron chi connectivity index (χ2n) is 10.8. The van der Waals surface area contributed by atoms with Crippen LogP contribution in [0.5, 0.6) is 0 Å². The van der Waals surface area contributed by atoms with Gasteiger partial charge in [-0.2, -0.15) is 0 Å². The molecule has 0 bridgehead atoms. The molecule has 303 valence electrons. The van der Waals surface area contributed by atoms with Gasteiger partial charge in [0.25, 0.3) is 5.84 Å². The first-order chi connectivity index (χ1) is 25.7. The number of aromatic nitrogens is 2. The number of amidine groups is 2. The molecule has 3 heterocycles. The summed E-state index contributed by atoms with van der Waals surface area (Å²) >= 11 is 11.7. The molecular weight excluding hydrogens is 1050 g/mol. The standard InChI is InChI=1S/C19H17ClFN3O2.C7H4ClFO.C6H7N3.C6H10O3.Ac.ClH.Na.H2O/c1-3-26-19(25)16-11(2)23-18(15-6-4-5-9-22-15)24-17(16)13-8-7-12(21)10-14(13)20;8-7-3-6(9)2-1-5(7)4-10;7-6(8)5-3-1-2-4-9-5;1-3-9-6(8)4-5(2)7;;;;/h4-10,17H,3H2,1-2H3,(H,23,24);1-4H;1-4H,(H3,7,8);3-4H2,1-2H3;;1H;;1H2/q;;;;;;+1;/p-1. The summed E-state index contributed by atoms with van der Waals surface area (Å²) < 4.78 is 35.4. The third-order valence-electron chi connectivity index (χ3n) is 6.65. The molecule has 20 heteroatoms. The number of pyridine rings is 2. The van der Waals surface area contributed by atoms with E-state index in [-0.39, 0.29) is 126 Å². The molecule has 4 aromatic rings. The number of halogens is 5. The third kappa shape index (κ3) is 20.7. The van der Waals surface area contributed by atoms with E-state index in [0.29, 0.717) is 52.5 Å². The first kappa shape index (κ1) is 59.1. The van der Waals surface area contributed by atoms with Crippen LogP contribution in [0.2, 0.25) is 10.0 Å². The molecule has 1 radical (unpaired) electrons. The molecule has 2 aromatic heterocycles. The molecule has 0 spiro atoms. The Bertz CT molecular complexity index is 2000. The van der Waals surface area contributed by atoms with Crippen LogP contribution in [-0.2, 0) is 23.9 Å². The number of Topliss-reactive ketones (excluding diaryl/α,β-unsaturated/α-hetero) is 1. The van der Waals surface area contributed by atoms with Crippen LogP contribution in [0.15, 0.2) is 101 Å². The molecule has 1 atom stereocenters. The molecule has 13 nitrogen and oxygen atoms in total. The molecule has 58 heavy (non-hydrogen) atoms. The molecule has 5 rings (SSSR count). The minimum atomic E-state index is -0.722. The van der Waals surface area contributed by atoms with E-state index >= 15 is 0 Å². The number of nitrogens with zero attached hydrogens (tertiary/aromatic N) is 3. The third-order valence-corrected chi connectivity index (χ3v) is 7.30. The van der Waals surface area contributed by atoms with Gasteiger partial charge in [-0.1, -0.05) is 41.4 Å². The van der Waals surface area contributed by atoms with Crippen LogP contribution >= 0.6 is 23.2 Å². The van der Waals surface area contributed by atoms with E-state index in [4.69, 9.17) is 39.1 Å². The van der Waals surface area contributed by atoms with Crippen molar-refractivity contribution in [2.45, 2.75) is 40.2 Å². The first-order valence-corrected chi connectivity index (χ1v) is 16.9. The van der Waals surface area contributed by atoms with Crippen LogP contribution in [0.25, 0.3) is 0 Å². The van der Waals surface area contributed by atoms with Crippen molar-refractivity contribution in [3.05, 3.63) is 141 Å². The van der Waals surface area contributed by atoms with Crippen LogP contribution in [0.3, 0.4) is 0 Å². The van der Waals surface area contributed by atoms with Crippen LogP contribution in [0.4, 0.5) is 8.78 Å². The number of carbonyl (C=O) groups is 4. The van der Waals surface area contributed by atoms with Crippen molar-refractivity contribution in [2.75, 3.05) is 13.2 Å². The normalized spacial score (nSPS) is 11.9. The summed E-state index contributed by atoms with van der Waals surface area (Å²) in [5.74, 6) is -1.22. The Kier molecular flexibility index (Phi) is 32.3. The zero-order chi connectivity index (χ0) is 40.2. The van der Waals surface area contributed by atoms with E-state index in [1.54, 1.807) is 51.4 Å². The maximum absolute atomic E-state index is 13.5. The molecule has 6 N–H and O–H groups in total. The van der Waals surface area contributed by atoms with Gasteiger partial charge in [0.2, 0.25) is 0 Å². The van der Waals surface area contributed by atoms with E-state index in [2.05, 4.69) is 25.0 Å². The molecule has 0 saturated heterocycles. The number of benzene rings is 2. The van der Waals surface area contributed by atoms with Crippen molar-refractivity contribution in [3.8, 4) is 0 Å². The number of ether oxygens (including phenoxy) is 2. The molecule has 1 unspecified atom stereocenters. The molecule has 0 amide bonds. The number of allylic oxidation sites excluding steroid dienone is 1. The molecule has 0 saturated carbocycles. The summed E-state index contributed by atoms with van der Waals surface area (Å²) in [6.07, 6.45) is 3.78. The fourth-order valence-corrected chi connectivity index (χ4v) is 4.76. The molecule has 2 aromatic carbocycles. The smallest absolute Gasteiger partial charge is 1.00 e. The second-order valence-corrected chi connectivity index (χ2v) is 11.6.